The maximum absolute atomic E-state index is 13.1. The summed E-state index contributed by atoms with van der Waals surface area (Å²) in [5.41, 5.74) is 1.28. The van der Waals surface area contributed by atoms with Crippen molar-refractivity contribution in [1.29, 1.82) is 0 Å². The predicted molar refractivity (Wildman–Crippen MR) is 126 cm³/mol. The largest absolute Gasteiger partial charge is 0.490 e. The second-order valence-corrected chi connectivity index (χ2v) is 8.68. The molecule has 0 N–H and O–H groups in total. The Morgan fingerprint density at radius 3 is 2.56 bits per heavy atom. The number of amides is 2. The fraction of sp³-hybridized carbons (Fsp3) is 0.227. The summed E-state index contributed by atoms with van der Waals surface area (Å²) in [6.07, 6.45) is 1.60. The van der Waals surface area contributed by atoms with Crippen molar-refractivity contribution in [2.75, 3.05) is 20.3 Å². The molecule has 7 nitrogen and oxygen atoms in total. The summed E-state index contributed by atoms with van der Waals surface area (Å²) in [5.74, 6) is -0.550. The number of hydrogen-bond acceptors (Lipinski definition) is 7. The third-order valence-corrected chi connectivity index (χ3v) is 6.03. The van der Waals surface area contributed by atoms with E-state index in [1.165, 1.54) is 31.4 Å². The standard InChI is InChI=1S/C22H19FINO6S/c1-3-30-17-9-14(8-16(24)20(17)31-12-19(26)29-2)10-18-21(27)25(22(28)32-18)11-13-4-6-15(23)7-5-13/h4-10H,3,11-12H2,1-2H3/b18-10-. The summed E-state index contributed by atoms with van der Waals surface area (Å²) in [6, 6.07) is 9.06. The molecule has 0 unspecified atom stereocenters. The van der Waals surface area contributed by atoms with Crippen LogP contribution in [0.2, 0.25) is 0 Å². The van der Waals surface area contributed by atoms with Crippen molar-refractivity contribution in [3.63, 3.8) is 0 Å². The van der Waals surface area contributed by atoms with Gasteiger partial charge in [-0.2, -0.15) is 0 Å². The molecule has 32 heavy (non-hydrogen) atoms. The summed E-state index contributed by atoms with van der Waals surface area (Å²) in [4.78, 5) is 38.0. The van der Waals surface area contributed by atoms with E-state index in [9.17, 15) is 18.8 Å². The molecule has 2 aromatic rings. The Bertz CT molecular complexity index is 1070. The van der Waals surface area contributed by atoms with Crippen molar-refractivity contribution >= 4 is 57.5 Å². The van der Waals surface area contributed by atoms with E-state index in [1.807, 2.05) is 29.5 Å². The zero-order chi connectivity index (χ0) is 23.3. The fourth-order valence-corrected chi connectivity index (χ4v) is 4.44. The van der Waals surface area contributed by atoms with E-state index in [1.54, 1.807) is 18.2 Å². The van der Waals surface area contributed by atoms with E-state index in [4.69, 9.17) is 9.47 Å². The van der Waals surface area contributed by atoms with Crippen molar-refractivity contribution in [3.05, 3.63) is 61.8 Å². The highest BCUT2D eigenvalue weighted by Gasteiger charge is 2.35. The van der Waals surface area contributed by atoms with Gasteiger partial charge in [-0.05, 0) is 82.7 Å². The average molecular weight is 571 g/mol. The van der Waals surface area contributed by atoms with E-state index in [0.717, 1.165) is 16.7 Å². The van der Waals surface area contributed by atoms with Gasteiger partial charge in [-0.15, -0.1) is 0 Å². The predicted octanol–water partition coefficient (Wildman–Crippen LogP) is 4.62. The molecule has 168 valence electrons. The first-order valence-electron chi connectivity index (χ1n) is 9.48. The number of benzene rings is 2. The highest BCUT2D eigenvalue weighted by Crippen LogP contribution is 2.38. The maximum atomic E-state index is 13.1. The van der Waals surface area contributed by atoms with Gasteiger partial charge in [0.1, 0.15) is 5.82 Å². The molecule has 0 radical (unpaired) electrons. The van der Waals surface area contributed by atoms with Gasteiger partial charge in [-0.25, -0.2) is 9.18 Å². The van der Waals surface area contributed by atoms with E-state index in [0.29, 0.717) is 32.8 Å². The summed E-state index contributed by atoms with van der Waals surface area (Å²) >= 11 is 2.88. The summed E-state index contributed by atoms with van der Waals surface area (Å²) < 4.78 is 29.5. The molecular weight excluding hydrogens is 552 g/mol. The third-order valence-electron chi connectivity index (χ3n) is 4.32. The molecule has 2 aromatic carbocycles. The molecule has 1 heterocycles. The van der Waals surface area contributed by atoms with E-state index < -0.39 is 17.1 Å². The van der Waals surface area contributed by atoms with Crippen LogP contribution >= 0.6 is 34.4 Å². The number of carbonyl (C=O) groups is 3. The van der Waals surface area contributed by atoms with Crippen LogP contribution in [0.5, 0.6) is 11.5 Å². The molecule has 1 saturated heterocycles. The van der Waals surface area contributed by atoms with Crippen molar-refractivity contribution in [3.8, 4) is 11.5 Å². The molecule has 0 spiro atoms. The van der Waals surface area contributed by atoms with Gasteiger partial charge in [0.2, 0.25) is 0 Å². The third kappa shape index (κ3) is 5.80. The molecule has 0 saturated carbocycles. The lowest BCUT2D eigenvalue weighted by atomic mass is 10.1. The number of imide groups is 1. The quantitative estimate of drug-likeness (QED) is 0.260. The molecule has 3 rings (SSSR count). The SMILES string of the molecule is CCOc1cc(/C=C2\SC(=O)N(Cc3ccc(F)cc3)C2=O)cc(I)c1OCC(=O)OC. The lowest BCUT2D eigenvalue weighted by Crippen LogP contribution is -2.27. The first-order chi connectivity index (χ1) is 15.3. The fourth-order valence-electron chi connectivity index (χ4n) is 2.82. The number of esters is 1. The van der Waals surface area contributed by atoms with Gasteiger partial charge in [-0.1, -0.05) is 12.1 Å². The van der Waals surface area contributed by atoms with Gasteiger partial charge < -0.3 is 14.2 Å². The minimum atomic E-state index is -0.526. The van der Waals surface area contributed by atoms with Crippen LogP contribution in [0.15, 0.2) is 41.3 Å². The number of thioether (sulfide) groups is 1. The Hall–Kier alpha value is -2.60. The van der Waals surface area contributed by atoms with E-state index >= 15 is 0 Å². The summed E-state index contributed by atoms with van der Waals surface area (Å²) in [5, 5.41) is -0.400. The van der Waals surface area contributed by atoms with Crippen LogP contribution in [0.4, 0.5) is 9.18 Å². The number of hydrogen-bond donors (Lipinski definition) is 0. The summed E-state index contributed by atoms with van der Waals surface area (Å²) in [7, 11) is 1.27. The topological polar surface area (TPSA) is 82.1 Å². The van der Waals surface area contributed by atoms with Crippen molar-refractivity contribution < 1.29 is 33.0 Å². The van der Waals surface area contributed by atoms with Gasteiger partial charge in [0.15, 0.2) is 18.1 Å². The van der Waals surface area contributed by atoms with Crippen LogP contribution in [-0.4, -0.2) is 42.3 Å². The minimum absolute atomic E-state index is 0.0598. The molecular formula is C22H19FINO6S. The molecule has 0 atom stereocenters. The maximum Gasteiger partial charge on any atom is 0.343 e. The molecule has 1 aliphatic rings. The van der Waals surface area contributed by atoms with Gasteiger partial charge >= 0.3 is 5.97 Å². The second kappa shape index (κ2) is 10.8. The molecule has 2 amide bonds. The van der Waals surface area contributed by atoms with Crippen molar-refractivity contribution in [1.82, 2.24) is 4.90 Å². The Morgan fingerprint density at radius 2 is 1.91 bits per heavy atom. The molecule has 1 aliphatic heterocycles. The van der Waals surface area contributed by atoms with Crippen LogP contribution in [0.3, 0.4) is 0 Å². The van der Waals surface area contributed by atoms with Crippen LogP contribution in [0, 0.1) is 9.39 Å². The number of carbonyl (C=O) groups excluding carboxylic acids is 3. The lowest BCUT2D eigenvalue weighted by molar-refractivity contribution is -0.143. The van der Waals surface area contributed by atoms with Gasteiger partial charge in [-0.3, -0.25) is 14.5 Å². The number of ether oxygens (including phenoxy) is 3. The summed E-state index contributed by atoms with van der Waals surface area (Å²) in [6.45, 7) is 1.96. The Labute approximate surface area is 202 Å². The monoisotopic (exact) mass is 571 g/mol. The van der Waals surface area contributed by atoms with E-state index in [2.05, 4.69) is 4.74 Å². The number of nitrogens with zero attached hydrogens (tertiary/aromatic N) is 1. The van der Waals surface area contributed by atoms with Gasteiger partial charge in [0, 0.05) is 0 Å². The molecule has 1 fully saturated rings. The molecule has 10 heteroatoms. The highest BCUT2D eigenvalue weighted by atomic mass is 127. The first kappa shape index (κ1) is 24.1. The van der Waals surface area contributed by atoms with Crippen LogP contribution in [-0.2, 0) is 20.9 Å². The molecule has 0 aromatic heterocycles. The van der Waals surface area contributed by atoms with Crippen LogP contribution in [0.1, 0.15) is 18.1 Å². The number of methoxy groups -OCH3 is 1. The van der Waals surface area contributed by atoms with Crippen LogP contribution < -0.4 is 9.47 Å². The van der Waals surface area contributed by atoms with Crippen LogP contribution in [0.25, 0.3) is 6.08 Å². The highest BCUT2D eigenvalue weighted by molar-refractivity contribution is 14.1. The average Bonchev–Trinajstić information content (AvgIpc) is 3.02. The smallest absolute Gasteiger partial charge is 0.343 e. The first-order valence-corrected chi connectivity index (χ1v) is 11.4. The van der Waals surface area contributed by atoms with Crippen molar-refractivity contribution in [2.45, 2.75) is 13.5 Å². The number of halogens is 2. The zero-order valence-corrected chi connectivity index (χ0v) is 20.2. The molecule has 0 aliphatic carbocycles. The van der Waals surface area contributed by atoms with Gasteiger partial charge in [0.05, 0.1) is 28.7 Å². The zero-order valence-electron chi connectivity index (χ0n) is 17.2. The Morgan fingerprint density at radius 1 is 1.19 bits per heavy atom. The number of rotatable bonds is 8. The van der Waals surface area contributed by atoms with Crippen molar-refractivity contribution in [2.24, 2.45) is 0 Å². The second-order valence-electron chi connectivity index (χ2n) is 6.52. The Balaban J connectivity index is 1.83. The van der Waals surface area contributed by atoms with E-state index in [-0.39, 0.29) is 23.9 Å². The normalized spacial score (nSPS) is 14.8. The lowest BCUT2D eigenvalue weighted by Gasteiger charge is -2.14. The Kier molecular flexibility index (Phi) is 8.13. The minimum Gasteiger partial charge on any atom is -0.490 e. The van der Waals surface area contributed by atoms with Gasteiger partial charge in [0.25, 0.3) is 11.1 Å². The molecule has 0 bridgehead atoms.